The fraction of sp³-hybridized carbons (Fsp3) is 0.364. The molecule has 0 atom stereocenters. The van der Waals surface area contributed by atoms with Gasteiger partial charge in [0.15, 0.2) is 0 Å². The first-order chi connectivity index (χ1) is 9.90. The number of carbonyl (C=O) groups is 1. The van der Waals surface area contributed by atoms with Crippen molar-refractivity contribution < 1.29 is 31.5 Å². The number of hydrogen-bond acceptors (Lipinski definition) is 3. The minimum Gasteiger partial charge on any atom is -0.420 e. The molecule has 0 aliphatic carbocycles. The fourth-order valence-electron chi connectivity index (χ4n) is 1.34. The van der Waals surface area contributed by atoms with E-state index in [1.165, 1.54) is 0 Å². The van der Waals surface area contributed by atoms with Crippen molar-refractivity contribution in [2.24, 2.45) is 5.11 Å². The van der Waals surface area contributed by atoms with Crippen molar-refractivity contribution in [2.75, 3.05) is 6.54 Å². The van der Waals surface area contributed by atoms with Crippen molar-refractivity contribution in [1.29, 1.82) is 0 Å². The molecule has 0 aromatic heterocycles. The number of unbranched alkanes of at least 4 members (excludes halogenated alkanes) is 1. The van der Waals surface area contributed by atoms with Gasteiger partial charge in [-0.15, -0.1) is 0 Å². The van der Waals surface area contributed by atoms with E-state index in [0.29, 0.717) is 6.42 Å². The summed E-state index contributed by atoms with van der Waals surface area (Å²) in [6.45, 7) is 0.103. The average molecular weight is 309 g/mol. The zero-order valence-corrected chi connectivity index (χ0v) is 10.4. The van der Waals surface area contributed by atoms with Gasteiger partial charge in [-0.25, -0.2) is 13.2 Å². The summed E-state index contributed by atoms with van der Waals surface area (Å²) in [5.74, 6) is -14.0. The van der Waals surface area contributed by atoms with Gasteiger partial charge in [0.05, 0.1) is 0 Å². The number of esters is 1. The van der Waals surface area contributed by atoms with E-state index in [0.717, 1.165) is 0 Å². The molecule has 0 aliphatic rings. The van der Waals surface area contributed by atoms with Gasteiger partial charge in [-0.3, -0.25) is 4.79 Å². The minimum atomic E-state index is -2.33. The number of benzene rings is 1. The van der Waals surface area contributed by atoms with E-state index < -0.39 is 40.8 Å². The first-order valence-electron chi connectivity index (χ1n) is 5.63. The SMILES string of the molecule is [N-]=[N+]=NCCCCC(=O)Oc1c(F)c(F)c(F)c(F)c1F. The molecule has 5 nitrogen and oxygen atoms in total. The summed E-state index contributed by atoms with van der Waals surface area (Å²) in [6.07, 6.45) is 0.129. The maximum atomic E-state index is 13.2. The molecule has 0 spiro atoms. The lowest BCUT2D eigenvalue weighted by Crippen LogP contribution is -2.13. The Morgan fingerprint density at radius 3 is 2.05 bits per heavy atom. The monoisotopic (exact) mass is 309 g/mol. The van der Waals surface area contributed by atoms with Gasteiger partial charge in [-0.1, -0.05) is 5.11 Å². The molecule has 0 fully saturated rings. The summed E-state index contributed by atoms with van der Waals surface area (Å²) in [6, 6.07) is 0. The Morgan fingerprint density at radius 2 is 1.52 bits per heavy atom. The number of ether oxygens (including phenoxy) is 1. The van der Waals surface area contributed by atoms with E-state index in [-0.39, 0.29) is 19.4 Å². The molecule has 0 saturated heterocycles. The fourth-order valence-corrected chi connectivity index (χ4v) is 1.34. The van der Waals surface area contributed by atoms with Crippen molar-refractivity contribution in [3.8, 4) is 5.75 Å². The first-order valence-corrected chi connectivity index (χ1v) is 5.63. The van der Waals surface area contributed by atoms with Crippen LogP contribution in [0.5, 0.6) is 5.75 Å². The van der Waals surface area contributed by atoms with Crippen LogP contribution in [0.2, 0.25) is 0 Å². The second-order valence-corrected chi connectivity index (χ2v) is 3.78. The predicted molar refractivity (Wildman–Crippen MR) is 59.7 cm³/mol. The van der Waals surface area contributed by atoms with Crippen LogP contribution in [-0.2, 0) is 4.79 Å². The van der Waals surface area contributed by atoms with Gasteiger partial charge < -0.3 is 4.74 Å². The van der Waals surface area contributed by atoms with Crippen LogP contribution < -0.4 is 4.74 Å². The number of rotatable bonds is 6. The van der Waals surface area contributed by atoms with Crippen LogP contribution >= 0.6 is 0 Å². The molecule has 1 aromatic rings. The third-order valence-electron chi connectivity index (χ3n) is 2.34. The van der Waals surface area contributed by atoms with Crippen molar-refractivity contribution in [3.63, 3.8) is 0 Å². The third kappa shape index (κ3) is 4.06. The molecule has 0 saturated carbocycles. The van der Waals surface area contributed by atoms with E-state index in [1.807, 2.05) is 0 Å². The molecule has 0 aliphatic heterocycles. The van der Waals surface area contributed by atoms with Crippen molar-refractivity contribution in [1.82, 2.24) is 0 Å². The Morgan fingerprint density at radius 1 is 1.00 bits per heavy atom. The maximum absolute atomic E-state index is 13.2. The van der Waals surface area contributed by atoms with Gasteiger partial charge in [-0.05, 0) is 18.4 Å². The minimum absolute atomic E-state index is 0.103. The number of carbonyl (C=O) groups excluding carboxylic acids is 1. The molecule has 0 N–H and O–H groups in total. The molecule has 21 heavy (non-hydrogen) atoms. The van der Waals surface area contributed by atoms with Gasteiger partial charge in [0.2, 0.25) is 34.8 Å². The van der Waals surface area contributed by atoms with Crippen molar-refractivity contribution in [3.05, 3.63) is 39.5 Å². The topological polar surface area (TPSA) is 75.1 Å². The molecule has 0 unspecified atom stereocenters. The highest BCUT2D eigenvalue weighted by Crippen LogP contribution is 2.29. The predicted octanol–water partition coefficient (Wildman–Crippen LogP) is 3.77. The van der Waals surface area contributed by atoms with Crippen LogP contribution in [-0.4, -0.2) is 12.5 Å². The summed E-state index contributed by atoms with van der Waals surface area (Å²) < 4.78 is 69.0. The molecule has 1 rings (SSSR count). The van der Waals surface area contributed by atoms with Crippen LogP contribution in [0, 0.1) is 29.1 Å². The highest BCUT2D eigenvalue weighted by Gasteiger charge is 2.28. The molecule has 0 amide bonds. The van der Waals surface area contributed by atoms with E-state index in [4.69, 9.17) is 5.53 Å². The van der Waals surface area contributed by atoms with E-state index in [1.54, 1.807) is 0 Å². The lowest BCUT2D eigenvalue weighted by molar-refractivity contribution is -0.135. The molecular weight excluding hydrogens is 301 g/mol. The van der Waals surface area contributed by atoms with Crippen LogP contribution in [0.15, 0.2) is 5.11 Å². The van der Waals surface area contributed by atoms with E-state index in [2.05, 4.69) is 14.8 Å². The number of nitrogens with zero attached hydrogens (tertiary/aromatic N) is 3. The number of halogens is 5. The zero-order valence-electron chi connectivity index (χ0n) is 10.4. The normalized spacial score (nSPS) is 10.1. The summed E-state index contributed by atoms with van der Waals surface area (Å²) in [5.41, 5.74) is 7.99. The molecule has 0 bridgehead atoms. The van der Waals surface area contributed by atoms with Gasteiger partial charge in [0.1, 0.15) is 0 Å². The Hall–Kier alpha value is -2.35. The van der Waals surface area contributed by atoms with Gasteiger partial charge >= 0.3 is 5.97 Å². The van der Waals surface area contributed by atoms with Crippen molar-refractivity contribution in [2.45, 2.75) is 19.3 Å². The number of azide groups is 1. The summed E-state index contributed by atoms with van der Waals surface area (Å²) in [4.78, 5) is 13.7. The molecule has 0 radical (unpaired) electrons. The standard InChI is InChI=1S/C11H8F5N3O2/c12-6-7(13)9(15)11(10(16)8(6)14)21-5(20)3-1-2-4-18-19-17/h1-4H2. The highest BCUT2D eigenvalue weighted by atomic mass is 19.2. The lowest BCUT2D eigenvalue weighted by atomic mass is 10.2. The average Bonchev–Trinajstić information content (AvgIpc) is 2.47. The zero-order chi connectivity index (χ0) is 16.0. The van der Waals surface area contributed by atoms with Crippen LogP contribution in [0.25, 0.3) is 10.4 Å². The Balaban J connectivity index is 2.75. The van der Waals surface area contributed by atoms with Gasteiger partial charge in [-0.2, -0.15) is 8.78 Å². The second kappa shape index (κ2) is 7.44. The first kappa shape index (κ1) is 16.7. The quantitative estimate of drug-likeness (QED) is 0.0923. The maximum Gasteiger partial charge on any atom is 0.311 e. The van der Waals surface area contributed by atoms with Crippen LogP contribution in [0.1, 0.15) is 19.3 Å². The summed E-state index contributed by atoms with van der Waals surface area (Å²) in [5, 5.41) is 3.18. The summed E-state index contributed by atoms with van der Waals surface area (Å²) in [7, 11) is 0. The van der Waals surface area contributed by atoms with Gasteiger partial charge in [0.25, 0.3) is 0 Å². The van der Waals surface area contributed by atoms with Gasteiger partial charge in [0, 0.05) is 17.9 Å². The van der Waals surface area contributed by atoms with Crippen LogP contribution in [0.4, 0.5) is 22.0 Å². The van der Waals surface area contributed by atoms with E-state index >= 15 is 0 Å². The smallest absolute Gasteiger partial charge is 0.311 e. The molecule has 10 heteroatoms. The third-order valence-corrected chi connectivity index (χ3v) is 2.34. The largest absolute Gasteiger partial charge is 0.420 e. The summed E-state index contributed by atoms with van der Waals surface area (Å²) >= 11 is 0. The molecule has 114 valence electrons. The molecular formula is C11H8F5N3O2. The number of hydrogen-bond donors (Lipinski definition) is 0. The Kier molecular flexibility index (Phi) is 5.92. The lowest BCUT2D eigenvalue weighted by Gasteiger charge is -2.08. The molecule has 0 heterocycles. The Labute approximate surface area is 114 Å². The second-order valence-electron chi connectivity index (χ2n) is 3.78. The van der Waals surface area contributed by atoms with Crippen molar-refractivity contribution >= 4 is 5.97 Å². The van der Waals surface area contributed by atoms with E-state index in [9.17, 15) is 26.7 Å². The highest BCUT2D eigenvalue weighted by molar-refractivity contribution is 5.72. The molecule has 1 aromatic carbocycles. The van der Waals surface area contributed by atoms with Crippen LogP contribution in [0.3, 0.4) is 0 Å². The Bertz CT molecular complexity index is 573.